The van der Waals surface area contributed by atoms with E-state index in [1.54, 1.807) is 43.3 Å². The van der Waals surface area contributed by atoms with Crippen LogP contribution in [0.25, 0.3) is 0 Å². The average Bonchev–Trinajstić information content (AvgIpc) is 2.31. The van der Waals surface area contributed by atoms with Gasteiger partial charge in [-0.3, -0.25) is 0 Å². The van der Waals surface area contributed by atoms with E-state index in [9.17, 15) is 4.39 Å². The molecule has 2 aromatic carbocycles. The molecule has 0 amide bonds. The molecule has 0 aliphatic heterocycles. The quantitative estimate of drug-likeness (QED) is 0.898. The van der Waals surface area contributed by atoms with Gasteiger partial charge in [0, 0.05) is 11.6 Å². The second-order valence-electron chi connectivity index (χ2n) is 3.97. The summed E-state index contributed by atoms with van der Waals surface area (Å²) in [6.45, 7) is 1.71. The van der Waals surface area contributed by atoms with E-state index in [0.717, 1.165) is 0 Å². The van der Waals surface area contributed by atoms with Gasteiger partial charge in [0.2, 0.25) is 0 Å². The van der Waals surface area contributed by atoms with E-state index in [2.05, 4.69) is 0 Å². The van der Waals surface area contributed by atoms with Crippen LogP contribution in [0.2, 0.25) is 5.02 Å². The summed E-state index contributed by atoms with van der Waals surface area (Å²) in [5, 5.41) is 0.470. The zero-order valence-electron chi connectivity index (χ0n) is 9.86. The van der Waals surface area contributed by atoms with Crippen molar-refractivity contribution in [2.45, 2.75) is 13.0 Å². The standard InChI is InChI=1S/C14H13ClFNO/c1-9(17)14-11(16)6-4-8-13(14)18-12-7-3-2-5-10(12)15/h2-9H,17H2,1H3. The minimum atomic E-state index is -0.455. The Morgan fingerprint density at radius 2 is 1.78 bits per heavy atom. The molecule has 94 valence electrons. The fraction of sp³-hybridized carbons (Fsp3) is 0.143. The van der Waals surface area contributed by atoms with Crippen molar-refractivity contribution in [3.05, 3.63) is 58.9 Å². The molecule has 0 saturated carbocycles. The highest BCUT2D eigenvalue weighted by atomic mass is 35.5. The van der Waals surface area contributed by atoms with Crippen LogP contribution in [0.3, 0.4) is 0 Å². The van der Waals surface area contributed by atoms with Crippen LogP contribution in [-0.4, -0.2) is 0 Å². The van der Waals surface area contributed by atoms with Crippen LogP contribution in [0.1, 0.15) is 18.5 Å². The molecule has 0 aliphatic carbocycles. The lowest BCUT2D eigenvalue weighted by molar-refractivity contribution is 0.461. The molecule has 0 aliphatic rings. The molecule has 0 bridgehead atoms. The Bertz CT molecular complexity index is 557. The molecule has 1 unspecified atom stereocenters. The van der Waals surface area contributed by atoms with Crippen LogP contribution in [0.5, 0.6) is 11.5 Å². The van der Waals surface area contributed by atoms with E-state index in [4.69, 9.17) is 22.1 Å². The monoisotopic (exact) mass is 265 g/mol. The molecule has 1 atom stereocenters. The van der Waals surface area contributed by atoms with Crippen molar-refractivity contribution in [1.82, 2.24) is 0 Å². The molecule has 0 fully saturated rings. The van der Waals surface area contributed by atoms with Gasteiger partial charge in [0.05, 0.1) is 5.02 Å². The molecular weight excluding hydrogens is 253 g/mol. The third-order valence-corrected chi connectivity index (χ3v) is 2.84. The predicted octanol–water partition coefficient (Wildman–Crippen LogP) is 4.29. The van der Waals surface area contributed by atoms with E-state index in [1.807, 2.05) is 0 Å². The molecular formula is C14H13ClFNO. The Morgan fingerprint density at radius 1 is 1.11 bits per heavy atom. The highest BCUT2D eigenvalue weighted by Gasteiger charge is 2.14. The van der Waals surface area contributed by atoms with Crippen molar-refractivity contribution in [3.63, 3.8) is 0 Å². The topological polar surface area (TPSA) is 35.2 Å². The van der Waals surface area contributed by atoms with E-state index in [0.29, 0.717) is 22.1 Å². The Balaban J connectivity index is 2.41. The van der Waals surface area contributed by atoms with Crippen LogP contribution >= 0.6 is 11.6 Å². The second kappa shape index (κ2) is 5.38. The maximum Gasteiger partial charge on any atom is 0.146 e. The maximum absolute atomic E-state index is 13.7. The summed E-state index contributed by atoms with van der Waals surface area (Å²) in [5.74, 6) is 0.485. The van der Waals surface area contributed by atoms with E-state index in [-0.39, 0.29) is 5.82 Å². The SMILES string of the molecule is CC(N)c1c(F)cccc1Oc1ccccc1Cl. The molecule has 2 nitrogen and oxygen atoms in total. The Morgan fingerprint density at radius 3 is 2.44 bits per heavy atom. The highest BCUT2D eigenvalue weighted by molar-refractivity contribution is 6.32. The van der Waals surface area contributed by atoms with Gasteiger partial charge in [-0.25, -0.2) is 4.39 Å². The van der Waals surface area contributed by atoms with Crippen LogP contribution in [0.4, 0.5) is 4.39 Å². The minimum Gasteiger partial charge on any atom is -0.455 e. The van der Waals surface area contributed by atoms with Crippen LogP contribution in [0.15, 0.2) is 42.5 Å². The largest absolute Gasteiger partial charge is 0.455 e. The molecule has 0 aromatic heterocycles. The summed E-state index contributed by atoms with van der Waals surface area (Å²) in [7, 11) is 0. The molecule has 2 N–H and O–H groups in total. The van der Waals surface area contributed by atoms with E-state index >= 15 is 0 Å². The number of nitrogens with two attached hydrogens (primary N) is 1. The fourth-order valence-corrected chi connectivity index (χ4v) is 1.87. The van der Waals surface area contributed by atoms with Crippen molar-refractivity contribution < 1.29 is 9.13 Å². The van der Waals surface area contributed by atoms with Crippen LogP contribution in [-0.2, 0) is 0 Å². The van der Waals surface area contributed by atoms with Crippen molar-refractivity contribution in [2.75, 3.05) is 0 Å². The van der Waals surface area contributed by atoms with Crippen molar-refractivity contribution >= 4 is 11.6 Å². The molecule has 2 rings (SSSR count). The molecule has 0 spiro atoms. The lowest BCUT2D eigenvalue weighted by atomic mass is 10.1. The van der Waals surface area contributed by atoms with Gasteiger partial charge in [-0.1, -0.05) is 29.8 Å². The normalized spacial score (nSPS) is 12.2. The van der Waals surface area contributed by atoms with Gasteiger partial charge >= 0.3 is 0 Å². The van der Waals surface area contributed by atoms with Crippen molar-refractivity contribution in [1.29, 1.82) is 0 Å². The second-order valence-corrected chi connectivity index (χ2v) is 4.38. The van der Waals surface area contributed by atoms with Gasteiger partial charge in [-0.05, 0) is 31.2 Å². The van der Waals surface area contributed by atoms with Crippen LogP contribution < -0.4 is 10.5 Å². The molecule has 4 heteroatoms. The third-order valence-electron chi connectivity index (χ3n) is 2.52. The van der Waals surface area contributed by atoms with Gasteiger partial charge in [0.1, 0.15) is 17.3 Å². The zero-order chi connectivity index (χ0) is 13.1. The van der Waals surface area contributed by atoms with Gasteiger partial charge in [-0.2, -0.15) is 0 Å². The number of para-hydroxylation sites is 1. The van der Waals surface area contributed by atoms with E-state index in [1.165, 1.54) is 6.07 Å². The first kappa shape index (κ1) is 12.9. The summed E-state index contributed by atoms with van der Waals surface area (Å²) >= 11 is 6.00. The van der Waals surface area contributed by atoms with Gasteiger partial charge in [0.25, 0.3) is 0 Å². The number of hydrogen-bond donors (Lipinski definition) is 1. The summed E-state index contributed by atoms with van der Waals surface area (Å²) in [4.78, 5) is 0. The fourth-order valence-electron chi connectivity index (χ4n) is 1.69. The summed E-state index contributed by atoms with van der Waals surface area (Å²) in [6, 6.07) is 11.2. The average molecular weight is 266 g/mol. The number of hydrogen-bond acceptors (Lipinski definition) is 2. The first-order chi connectivity index (χ1) is 8.59. The van der Waals surface area contributed by atoms with Gasteiger partial charge in [-0.15, -0.1) is 0 Å². The Hall–Kier alpha value is -1.58. The van der Waals surface area contributed by atoms with Crippen molar-refractivity contribution in [3.8, 4) is 11.5 Å². The smallest absolute Gasteiger partial charge is 0.146 e. The summed E-state index contributed by atoms with van der Waals surface area (Å²) < 4.78 is 19.3. The minimum absolute atomic E-state index is 0.345. The van der Waals surface area contributed by atoms with Crippen molar-refractivity contribution in [2.24, 2.45) is 5.73 Å². The Labute approximate surface area is 110 Å². The number of halogens is 2. The first-order valence-electron chi connectivity index (χ1n) is 5.56. The van der Waals surface area contributed by atoms with E-state index < -0.39 is 6.04 Å². The third kappa shape index (κ3) is 2.63. The lowest BCUT2D eigenvalue weighted by Gasteiger charge is -2.15. The molecule has 0 heterocycles. The van der Waals surface area contributed by atoms with Crippen LogP contribution in [0, 0.1) is 5.82 Å². The van der Waals surface area contributed by atoms with Gasteiger partial charge < -0.3 is 10.5 Å². The molecule has 2 aromatic rings. The molecule has 0 saturated heterocycles. The zero-order valence-corrected chi connectivity index (χ0v) is 10.6. The Kier molecular flexibility index (Phi) is 3.84. The van der Waals surface area contributed by atoms with Gasteiger partial charge in [0.15, 0.2) is 0 Å². The summed E-state index contributed by atoms with van der Waals surface area (Å²) in [6.07, 6.45) is 0. The number of ether oxygens (including phenoxy) is 1. The molecule has 0 radical (unpaired) electrons. The first-order valence-corrected chi connectivity index (χ1v) is 5.93. The summed E-state index contributed by atoms with van der Waals surface area (Å²) in [5.41, 5.74) is 6.10. The predicted molar refractivity (Wildman–Crippen MR) is 70.5 cm³/mol. The highest BCUT2D eigenvalue weighted by Crippen LogP contribution is 2.33. The number of benzene rings is 2. The number of rotatable bonds is 3. The maximum atomic E-state index is 13.7. The lowest BCUT2D eigenvalue weighted by Crippen LogP contribution is -2.09. The molecule has 18 heavy (non-hydrogen) atoms.